The van der Waals surface area contributed by atoms with Gasteiger partial charge in [-0.2, -0.15) is 0 Å². The summed E-state index contributed by atoms with van der Waals surface area (Å²) in [7, 11) is 3.88. The fraction of sp³-hybridized carbons (Fsp3) is 0.500. The first-order valence-electron chi connectivity index (χ1n) is 12.4. The van der Waals surface area contributed by atoms with E-state index >= 15 is 0 Å². The van der Waals surface area contributed by atoms with Crippen LogP contribution in [-0.2, 0) is 24.1 Å². The summed E-state index contributed by atoms with van der Waals surface area (Å²) in [6.45, 7) is 2.85. The second-order valence-corrected chi connectivity index (χ2v) is 9.39. The van der Waals surface area contributed by atoms with Gasteiger partial charge in [-0.1, -0.05) is 24.6 Å². The van der Waals surface area contributed by atoms with Crippen LogP contribution in [0.1, 0.15) is 65.6 Å². The van der Waals surface area contributed by atoms with Gasteiger partial charge in [0.05, 0.1) is 12.8 Å². The standard InChI is InChI=1S/C28H36N2O3/c1-29(18-15-21-9-5-6-12-26(21)33-2)16-7-3-4-11-25(31)24-19-22-10-8-17-30-27(32)14-13-23(20-24)28(22)30/h5-6,9,12,19-20H,3-4,7-8,10-11,13-18H2,1-2H3. The number of Topliss-reactive ketones (excluding diaryl/α,β-unsaturated/α-hetero) is 1. The Labute approximate surface area is 197 Å². The number of carbonyl (C=O) groups excluding carboxylic acids is 2. The van der Waals surface area contributed by atoms with E-state index in [1.807, 2.05) is 17.0 Å². The molecule has 0 spiro atoms. The van der Waals surface area contributed by atoms with Crippen molar-refractivity contribution < 1.29 is 14.3 Å². The molecule has 2 aromatic carbocycles. The van der Waals surface area contributed by atoms with E-state index < -0.39 is 0 Å². The molecule has 0 aromatic heterocycles. The number of benzene rings is 2. The van der Waals surface area contributed by atoms with E-state index in [1.165, 1.54) is 16.7 Å². The third-order valence-corrected chi connectivity index (χ3v) is 7.00. The van der Waals surface area contributed by atoms with Gasteiger partial charge in [0.1, 0.15) is 5.75 Å². The van der Waals surface area contributed by atoms with Crippen molar-refractivity contribution in [1.82, 2.24) is 4.90 Å². The number of rotatable bonds is 11. The predicted molar refractivity (Wildman–Crippen MR) is 132 cm³/mol. The Morgan fingerprint density at radius 2 is 1.82 bits per heavy atom. The fourth-order valence-corrected chi connectivity index (χ4v) is 5.14. The van der Waals surface area contributed by atoms with Crippen molar-refractivity contribution in [2.24, 2.45) is 0 Å². The van der Waals surface area contributed by atoms with Gasteiger partial charge >= 0.3 is 0 Å². The maximum Gasteiger partial charge on any atom is 0.227 e. The summed E-state index contributed by atoms with van der Waals surface area (Å²) in [6, 6.07) is 12.3. The van der Waals surface area contributed by atoms with E-state index in [9.17, 15) is 9.59 Å². The highest BCUT2D eigenvalue weighted by Crippen LogP contribution is 2.37. The second-order valence-electron chi connectivity index (χ2n) is 9.39. The van der Waals surface area contributed by atoms with E-state index in [2.05, 4.69) is 36.2 Å². The van der Waals surface area contributed by atoms with Gasteiger partial charge in [-0.15, -0.1) is 0 Å². The van der Waals surface area contributed by atoms with E-state index in [4.69, 9.17) is 4.74 Å². The zero-order valence-electron chi connectivity index (χ0n) is 20.1. The van der Waals surface area contributed by atoms with Crippen molar-refractivity contribution in [3.63, 3.8) is 0 Å². The van der Waals surface area contributed by atoms with Crippen LogP contribution in [0.5, 0.6) is 5.75 Å². The normalized spacial score (nSPS) is 15.0. The van der Waals surface area contributed by atoms with Crippen molar-refractivity contribution in [2.45, 2.75) is 57.8 Å². The Balaban J connectivity index is 1.21. The van der Waals surface area contributed by atoms with Gasteiger partial charge in [0.25, 0.3) is 0 Å². The Morgan fingerprint density at radius 3 is 2.64 bits per heavy atom. The average Bonchev–Trinajstić information content (AvgIpc) is 2.84. The maximum absolute atomic E-state index is 12.9. The Morgan fingerprint density at radius 1 is 1.03 bits per heavy atom. The number of unbranched alkanes of at least 4 members (excludes halogenated alkanes) is 2. The number of ketones is 1. The molecule has 5 heteroatoms. The summed E-state index contributed by atoms with van der Waals surface area (Å²) >= 11 is 0. The van der Waals surface area contributed by atoms with Gasteiger partial charge in [0.2, 0.25) is 5.91 Å². The van der Waals surface area contributed by atoms with Crippen molar-refractivity contribution in [3.05, 3.63) is 58.7 Å². The number of aryl methyl sites for hydroxylation is 2. The molecule has 0 radical (unpaired) electrons. The number of amides is 1. The first-order valence-corrected chi connectivity index (χ1v) is 12.4. The number of methoxy groups -OCH3 is 1. The lowest BCUT2D eigenvalue weighted by Crippen LogP contribution is -2.39. The average molecular weight is 449 g/mol. The molecule has 0 unspecified atom stereocenters. The molecule has 2 aliphatic heterocycles. The highest BCUT2D eigenvalue weighted by Gasteiger charge is 2.30. The third kappa shape index (κ3) is 5.64. The molecule has 5 nitrogen and oxygen atoms in total. The van der Waals surface area contributed by atoms with Gasteiger partial charge in [-0.25, -0.2) is 0 Å². The summed E-state index contributed by atoms with van der Waals surface area (Å²) < 4.78 is 5.44. The summed E-state index contributed by atoms with van der Waals surface area (Å²) in [4.78, 5) is 29.4. The van der Waals surface area contributed by atoms with Gasteiger partial charge in [-0.05, 0) is 87.0 Å². The monoisotopic (exact) mass is 448 g/mol. The molecular weight excluding hydrogens is 412 g/mol. The highest BCUT2D eigenvalue weighted by molar-refractivity contribution is 6.01. The maximum atomic E-state index is 12.9. The zero-order valence-corrected chi connectivity index (χ0v) is 20.1. The molecule has 0 fully saturated rings. The minimum atomic E-state index is 0.232. The van der Waals surface area contributed by atoms with Crippen LogP contribution in [0.2, 0.25) is 0 Å². The van der Waals surface area contributed by atoms with Crippen LogP contribution >= 0.6 is 0 Å². The van der Waals surface area contributed by atoms with Gasteiger partial charge in [0, 0.05) is 31.5 Å². The Bertz CT molecular complexity index is 983. The molecule has 176 valence electrons. The van der Waals surface area contributed by atoms with Crippen LogP contribution in [0.3, 0.4) is 0 Å². The smallest absolute Gasteiger partial charge is 0.227 e. The molecule has 0 atom stereocenters. The molecule has 0 N–H and O–H groups in total. The van der Waals surface area contributed by atoms with Crippen LogP contribution < -0.4 is 9.64 Å². The number of carbonyl (C=O) groups is 2. The number of anilines is 1. The highest BCUT2D eigenvalue weighted by atomic mass is 16.5. The number of nitrogens with zero attached hydrogens (tertiary/aromatic N) is 2. The second kappa shape index (κ2) is 11.0. The number of likely N-dealkylation sites (N-methyl/N-ethyl adjacent to an activating group) is 1. The van der Waals surface area contributed by atoms with Crippen molar-refractivity contribution in [1.29, 1.82) is 0 Å². The van der Waals surface area contributed by atoms with Crippen LogP contribution in [0.15, 0.2) is 36.4 Å². The van der Waals surface area contributed by atoms with E-state index in [1.54, 1.807) is 7.11 Å². The number of para-hydroxylation sites is 1. The molecule has 1 amide bonds. The summed E-state index contributed by atoms with van der Waals surface area (Å²) in [6.07, 6.45) is 7.95. The predicted octanol–water partition coefficient (Wildman–Crippen LogP) is 4.84. The lowest BCUT2D eigenvalue weighted by atomic mass is 9.88. The minimum absolute atomic E-state index is 0.232. The molecule has 33 heavy (non-hydrogen) atoms. The van der Waals surface area contributed by atoms with Crippen molar-refractivity contribution in [3.8, 4) is 5.75 Å². The van der Waals surface area contributed by atoms with Crippen molar-refractivity contribution in [2.75, 3.05) is 38.7 Å². The number of hydrogen-bond acceptors (Lipinski definition) is 4. The Hall–Kier alpha value is -2.66. The van der Waals surface area contributed by atoms with Crippen molar-refractivity contribution >= 4 is 17.4 Å². The molecular formula is C28H36N2O3. The minimum Gasteiger partial charge on any atom is -0.496 e. The van der Waals surface area contributed by atoms with E-state index in [0.717, 1.165) is 81.6 Å². The van der Waals surface area contributed by atoms with Crippen LogP contribution in [-0.4, -0.2) is 50.4 Å². The molecule has 4 rings (SSSR count). The number of hydrogen-bond donors (Lipinski definition) is 0. The Kier molecular flexibility index (Phi) is 7.81. The van der Waals surface area contributed by atoms with Crippen LogP contribution in [0, 0.1) is 0 Å². The zero-order chi connectivity index (χ0) is 23.2. The third-order valence-electron chi connectivity index (χ3n) is 7.00. The molecule has 0 aliphatic carbocycles. The van der Waals surface area contributed by atoms with E-state index in [-0.39, 0.29) is 11.7 Å². The van der Waals surface area contributed by atoms with Crippen LogP contribution in [0.25, 0.3) is 0 Å². The molecule has 0 bridgehead atoms. The van der Waals surface area contributed by atoms with Gasteiger partial charge in [0.15, 0.2) is 5.78 Å². The number of ether oxygens (including phenoxy) is 1. The fourth-order valence-electron chi connectivity index (χ4n) is 5.14. The lowest BCUT2D eigenvalue weighted by Gasteiger charge is -2.35. The largest absolute Gasteiger partial charge is 0.496 e. The first-order chi connectivity index (χ1) is 16.1. The molecule has 0 saturated carbocycles. The lowest BCUT2D eigenvalue weighted by molar-refractivity contribution is -0.119. The van der Waals surface area contributed by atoms with E-state index in [0.29, 0.717) is 12.8 Å². The summed E-state index contributed by atoms with van der Waals surface area (Å²) in [5, 5.41) is 0. The summed E-state index contributed by atoms with van der Waals surface area (Å²) in [5.74, 6) is 1.43. The first kappa shape index (κ1) is 23.5. The molecule has 2 aliphatic rings. The molecule has 2 aromatic rings. The SMILES string of the molecule is COc1ccccc1CCN(C)CCCCCC(=O)c1cc2c3c(c1)CCC(=O)N3CCC2. The van der Waals surface area contributed by atoms with Gasteiger partial charge in [-0.3, -0.25) is 9.59 Å². The quantitative estimate of drug-likeness (QED) is 0.365. The topological polar surface area (TPSA) is 49.9 Å². The summed E-state index contributed by atoms with van der Waals surface area (Å²) in [5.41, 5.74) is 5.56. The molecule has 2 heterocycles. The van der Waals surface area contributed by atoms with Gasteiger partial charge < -0.3 is 14.5 Å². The molecule has 0 saturated heterocycles. The van der Waals surface area contributed by atoms with Crippen LogP contribution in [0.4, 0.5) is 5.69 Å².